The van der Waals surface area contributed by atoms with Gasteiger partial charge in [-0.05, 0) is 37.6 Å². The number of amides is 1. The van der Waals surface area contributed by atoms with E-state index in [2.05, 4.69) is 15.8 Å². The predicted molar refractivity (Wildman–Crippen MR) is 106 cm³/mol. The van der Waals surface area contributed by atoms with Gasteiger partial charge in [0.25, 0.3) is 5.91 Å². The second kappa shape index (κ2) is 9.47. The molecular formula is C20H25N3O4. The monoisotopic (exact) mass is 371 g/mol. The number of benzene rings is 2. The van der Waals surface area contributed by atoms with Gasteiger partial charge in [-0.3, -0.25) is 4.79 Å². The van der Waals surface area contributed by atoms with Gasteiger partial charge >= 0.3 is 0 Å². The summed E-state index contributed by atoms with van der Waals surface area (Å²) in [6.45, 7) is 3.76. The normalized spacial score (nSPS) is 11.7. The van der Waals surface area contributed by atoms with Crippen LogP contribution in [0.5, 0.6) is 17.2 Å². The summed E-state index contributed by atoms with van der Waals surface area (Å²) in [5.41, 5.74) is 5.21. The first kappa shape index (κ1) is 20.1. The lowest BCUT2D eigenvalue weighted by atomic mass is 10.2. The highest BCUT2D eigenvalue weighted by atomic mass is 16.5. The van der Waals surface area contributed by atoms with Gasteiger partial charge in [-0.25, -0.2) is 5.43 Å². The number of hydrogen-bond donors (Lipinski definition) is 2. The zero-order valence-corrected chi connectivity index (χ0v) is 16.2. The van der Waals surface area contributed by atoms with Gasteiger partial charge < -0.3 is 19.5 Å². The van der Waals surface area contributed by atoms with Crippen molar-refractivity contribution in [1.82, 2.24) is 5.43 Å². The van der Waals surface area contributed by atoms with Crippen molar-refractivity contribution in [2.75, 3.05) is 26.6 Å². The molecule has 7 nitrogen and oxygen atoms in total. The minimum atomic E-state index is -0.441. The molecule has 2 aromatic carbocycles. The first-order valence-corrected chi connectivity index (χ1v) is 8.45. The first-order chi connectivity index (χ1) is 13.0. The summed E-state index contributed by atoms with van der Waals surface area (Å²) in [5.74, 6) is 1.28. The molecule has 0 heterocycles. The number of nitrogens with one attached hydrogen (secondary N) is 2. The van der Waals surface area contributed by atoms with Gasteiger partial charge in [-0.2, -0.15) is 5.10 Å². The maximum absolute atomic E-state index is 12.2. The second-order valence-electron chi connectivity index (χ2n) is 5.87. The molecule has 0 aromatic heterocycles. The first-order valence-electron chi connectivity index (χ1n) is 8.45. The number of aryl methyl sites for hydroxylation is 1. The van der Waals surface area contributed by atoms with Crippen LogP contribution in [0.1, 0.15) is 18.1 Å². The summed E-state index contributed by atoms with van der Waals surface area (Å²) in [4.78, 5) is 12.2. The van der Waals surface area contributed by atoms with Crippen molar-refractivity contribution in [3.8, 4) is 17.2 Å². The van der Waals surface area contributed by atoms with E-state index in [4.69, 9.17) is 14.2 Å². The molecule has 0 saturated heterocycles. The van der Waals surface area contributed by atoms with Crippen molar-refractivity contribution in [2.24, 2.45) is 5.10 Å². The SMILES string of the molecule is COc1cc(/C=N/NC(=O)C(C)Nc2ccccc2C)cc(OC)c1OC. The maximum Gasteiger partial charge on any atom is 0.262 e. The summed E-state index contributed by atoms with van der Waals surface area (Å²) in [6.07, 6.45) is 1.52. The molecule has 1 unspecified atom stereocenters. The third-order valence-electron chi connectivity index (χ3n) is 3.99. The van der Waals surface area contributed by atoms with Crippen LogP contribution in [0, 0.1) is 6.92 Å². The standard InChI is InChI=1S/C20H25N3O4/c1-13-8-6-7-9-16(13)22-14(2)20(24)23-21-12-15-10-17(25-3)19(27-5)18(11-15)26-4/h6-12,14,22H,1-5H3,(H,23,24)/b21-12+. The Balaban J connectivity index is 2.04. The van der Waals surface area contributed by atoms with Crippen molar-refractivity contribution in [2.45, 2.75) is 19.9 Å². The quantitative estimate of drug-likeness (QED) is 0.551. The van der Waals surface area contributed by atoms with Crippen LogP contribution >= 0.6 is 0 Å². The van der Waals surface area contributed by atoms with Crippen molar-refractivity contribution in [3.05, 3.63) is 47.5 Å². The summed E-state index contributed by atoms with van der Waals surface area (Å²) >= 11 is 0. The third-order valence-corrected chi connectivity index (χ3v) is 3.99. The van der Waals surface area contributed by atoms with Gasteiger partial charge in [0.2, 0.25) is 5.75 Å². The molecule has 0 fully saturated rings. The van der Waals surface area contributed by atoms with E-state index in [0.717, 1.165) is 11.3 Å². The molecule has 2 N–H and O–H groups in total. The van der Waals surface area contributed by atoms with E-state index in [-0.39, 0.29) is 5.91 Å². The zero-order chi connectivity index (χ0) is 19.8. The highest BCUT2D eigenvalue weighted by molar-refractivity contribution is 5.87. The summed E-state index contributed by atoms with van der Waals surface area (Å²) in [6, 6.07) is 10.8. The number of carbonyl (C=O) groups excluding carboxylic acids is 1. The van der Waals surface area contributed by atoms with Crippen LogP contribution in [-0.4, -0.2) is 39.5 Å². The fourth-order valence-corrected chi connectivity index (χ4v) is 2.48. The van der Waals surface area contributed by atoms with E-state index in [9.17, 15) is 4.79 Å². The molecule has 2 rings (SSSR count). The zero-order valence-electron chi connectivity index (χ0n) is 16.2. The van der Waals surface area contributed by atoms with Crippen molar-refractivity contribution >= 4 is 17.8 Å². The maximum atomic E-state index is 12.2. The Morgan fingerprint density at radius 1 is 1.07 bits per heavy atom. The third kappa shape index (κ3) is 5.13. The minimum Gasteiger partial charge on any atom is -0.493 e. The van der Waals surface area contributed by atoms with E-state index in [1.54, 1.807) is 33.3 Å². The molecule has 0 spiro atoms. The van der Waals surface area contributed by atoms with E-state index in [1.165, 1.54) is 13.3 Å². The average molecular weight is 371 g/mol. The molecule has 27 heavy (non-hydrogen) atoms. The number of para-hydroxylation sites is 1. The molecule has 7 heteroatoms. The van der Waals surface area contributed by atoms with E-state index < -0.39 is 6.04 Å². The van der Waals surface area contributed by atoms with Gasteiger partial charge in [0, 0.05) is 11.3 Å². The van der Waals surface area contributed by atoms with Gasteiger partial charge in [-0.1, -0.05) is 18.2 Å². The van der Waals surface area contributed by atoms with E-state index >= 15 is 0 Å². The number of hydrogen-bond acceptors (Lipinski definition) is 6. The number of anilines is 1. The van der Waals surface area contributed by atoms with Crippen LogP contribution in [0.2, 0.25) is 0 Å². The largest absolute Gasteiger partial charge is 0.493 e. The predicted octanol–water partition coefficient (Wildman–Crippen LogP) is 2.97. The van der Waals surface area contributed by atoms with Gasteiger partial charge in [0.15, 0.2) is 11.5 Å². The Labute approximate surface area is 159 Å². The van der Waals surface area contributed by atoms with E-state index in [0.29, 0.717) is 22.8 Å². The second-order valence-corrected chi connectivity index (χ2v) is 5.87. The lowest BCUT2D eigenvalue weighted by Gasteiger charge is -2.15. The Hall–Kier alpha value is -3.22. The fraction of sp³-hybridized carbons (Fsp3) is 0.300. The molecule has 144 valence electrons. The molecule has 1 amide bonds. The number of carbonyl (C=O) groups is 1. The highest BCUT2D eigenvalue weighted by Crippen LogP contribution is 2.37. The number of nitrogens with zero attached hydrogens (tertiary/aromatic N) is 1. The lowest BCUT2D eigenvalue weighted by Crippen LogP contribution is -2.35. The van der Waals surface area contributed by atoms with Crippen LogP contribution in [-0.2, 0) is 4.79 Å². The smallest absolute Gasteiger partial charge is 0.262 e. The van der Waals surface area contributed by atoms with Crippen molar-refractivity contribution < 1.29 is 19.0 Å². The highest BCUT2D eigenvalue weighted by Gasteiger charge is 2.14. The van der Waals surface area contributed by atoms with Gasteiger partial charge in [-0.15, -0.1) is 0 Å². The summed E-state index contributed by atoms with van der Waals surface area (Å²) in [7, 11) is 4.62. The molecule has 1 atom stereocenters. The Kier molecular flexibility index (Phi) is 7.05. The molecule has 0 saturated carbocycles. The van der Waals surface area contributed by atoms with Gasteiger partial charge in [0.1, 0.15) is 6.04 Å². The molecule has 2 aromatic rings. The molecule has 0 aliphatic heterocycles. The van der Waals surface area contributed by atoms with Crippen molar-refractivity contribution in [1.29, 1.82) is 0 Å². The summed E-state index contributed by atoms with van der Waals surface area (Å²) < 4.78 is 15.9. The van der Waals surface area contributed by atoms with Crippen LogP contribution in [0.3, 0.4) is 0 Å². The Morgan fingerprint density at radius 2 is 1.70 bits per heavy atom. The Bertz CT molecular complexity index is 796. The number of ether oxygens (including phenoxy) is 3. The van der Waals surface area contributed by atoms with Crippen molar-refractivity contribution in [3.63, 3.8) is 0 Å². The number of methoxy groups -OCH3 is 3. The lowest BCUT2D eigenvalue weighted by molar-refractivity contribution is -0.121. The van der Waals surface area contributed by atoms with Crippen LogP contribution in [0.15, 0.2) is 41.5 Å². The number of rotatable bonds is 8. The molecule has 0 aliphatic rings. The molecule has 0 bridgehead atoms. The molecule has 0 radical (unpaired) electrons. The van der Waals surface area contributed by atoms with E-state index in [1.807, 2.05) is 31.2 Å². The number of hydrazone groups is 1. The fourth-order valence-electron chi connectivity index (χ4n) is 2.48. The van der Waals surface area contributed by atoms with Crippen LogP contribution in [0.4, 0.5) is 5.69 Å². The minimum absolute atomic E-state index is 0.248. The average Bonchev–Trinajstić information content (AvgIpc) is 2.68. The molecular weight excluding hydrogens is 346 g/mol. The topological polar surface area (TPSA) is 81.2 Å². The summed E-state index contributed by atoms with van der Waals surface area (Å²) in [5, 5.41) is 7.18. The van der Waals surface area contributed by atoms with Gasteiger partial charge in [0.05, 0.1) is 27.5 Å². The van der Waals surface area contributed by atoms with Crippen LogP contribution in [0.25, 0.3) is 0 Å². The Morgan fingerprint density at radius 3 is 2.26 bits per heavy atom. The van der Waals surface area contributed by atoms with Crippen LogP contribution < -0.4 is 25.0 Å². The molecule has 0 aliphatic carbocycles.